The molecule has 0 aliphatic rings. The summed E-state index contributed by atoms with van der Waals surface area (Å²) >= 11 is 0. The molecule has 25 heavy (non-hydrogen) atoms. The van der Waals surface area contributed by atoms with E-state index in [1.165, 1.54) is 0 Å². The molecule has 0 heterocycles. The van der Waals surface area contributed by atoms with Gasteiger partial charge in [-0.05, 0) is 61.7 Å². The van der Waals surface area contributed by atoms with Gasteiger partial charge in [0, 0.05) is 0 Å². The number of hydrogen-bond acceptors (Lipinski definition) is 4. The number of hydrogen-bond donors (Lipinski definition) is 1. The minimum Gasteiger partial charge on any atom is -0.497 e. The van der Waals surface area contributed by atoms with E-state index in [2.05, 4.69) is 5.32 Å². The van der Waals surface area contributed by atoms with Crippen molar-refractivity contribution in [2.24, 2.45) is 0 Å². The van der Waals surface area contributed by atoms with Crippen molar-refractivity contribution in [1.82, 2.24) is 5.32 Å². The van der Waals surface area contributed by atoms with E-state index in [0.717, 1.165) is 22.4 Å². The van der Waals surface area contributed by atoms with Crippen LogP contribution in [0.25, 0.3) is 0 Å². The Balaban J connectivity index is 1.86. The summed E-state index contributed by atoms with van der Waals surface area (Å²) in [6.07, 6.45) is 0. The van der Waals surface area contributed by atoms with Gasteiger partial charge >= 0.3 is 5.97 Å². The van der Waals surface area contributed by atoms with Gasteiger partial charge in [-0.2, -0.15) is 0 Å². The summed E-state index contributed by atoms with van der Waals surface area (Å²) in [6.45, 7) is 5.45. The molecule has 2 aromatic rings. The second-order valence-electron chi connectivity index (χ2n) is 5.94. The van der Waals surface area contributed by atoms with Crippen molar-refractivity contribution in [3.63, 3.8) is 0 Å². The summed E-state index contributed by atoms with van der Waals surface area (Å²) < 4.78 is 10.2. The average Bonchev–Trinajstić information content (AvgIpc) is 2.62. The predicted molar refractivity (Wildman–Crippen MR) is 95.8 cm³/mol. The van der Waals surface area contributed by atoms with Crippen LogP contribution in [0.5, 0.6) is 5.75 Å². The first-order valence-electron chi connectivity index (χ1n) is 8.08. The molecule has 0 unspecified atom stereocenters. The van der Waals surface area contributed by atoms with Crippen molar-refractivity contribution in [2.75, 3.05) is 13.7 Å². The minimum atomic E-state index is -0.504. The van der Waals surface area contributed by atoms with E-state index >= 15 is 0 Å². The van der Waals surface area contributed by atoms with E-state index in [9.17, 15) is 9.59 Å². The topological polar surface area (TPSA) is 64.6 Å². The second-order valence-corrected chi connectivity index (χ2v) is 5.94. The van der Waals surface area contributed by atoms with Crippen LogP contribution < -0.4 is 10.1 Å². The lowest BCUT2D eigenvalue weighted by Gasteiger charge is -2.15. The van der Waals surface area contributed by atoms with Crippen molar-refractivity contribution < 1.29 is 19.1 Å². The van der Waals surface area contributed by atoms with Crippen LogP contribution in [0.15, 0.2) is 42.5 Å². The summed E-state index contributed by atoms with van der Waals surface area (Å²) in [5.41, 5.74) is 3.49. The van der Waals surface area contributed by atoms with E-state index in [0.29, 0.717) is 5.56 Å². The fourth-order valence-corrected chi connectivity index (χ4v) is 2.34. The molecule has 132 valence electrons. The van der Waals surface area contributed by atoms with Gasteiger partial charge in [-0.25, -0.2) is 4.79 Å². The molecule has 2 aromatic carbocycles. The molecule has 2 rings (SSSR count). The molecule has 0 saturated heterocycles. The number of ether oxygens (including phenoxy) is 2. The molecule has 5 nitrogen and oxygen atoms in total. The molecule has 5 heteroatoms. The van der Waals surface area contributed by atoms with Crippen molar-refractivity contribution in [2.45, 2.75) is 26.8 Å². The number of methoxy groups -OCH3 is 1. The highest BCUT2D eigenvalue weighted by molar-refractivity contribution is 5.91. The average molecular weight is 341 g/mol. The molecule has 1 amide bonds. The maximum Gasteiger partial charge on any atom is 0.338 e. The van der Waals surface area contributed by atoms with Crippen LogP contribution in [0.3, 0.4) is 0 Å². The molecule has 0 fully saturated rings. The molecule has 0 aromatic heterocycles. The first kappa shape index (κ1) is 18.5. The van der Waals surface area contributed by atoms with Crippen LogP contribution >= 0.6 is 0 Å². The van der Waals surface area contributed by atoms with Gasteiger partial charge in [-0.3, -0.25) is 4.79 Å². The molecule has 0 spiro atoms. The molecule has 1 N–H and O–H groups in total. The number of amides is 1. The Morgan fingerprint density at radius 2 is 1.72 bits per heavy atom. The molecule has 0 radical (unpaired) electrons. The van der Waals surface area contributed by atoms with E-state index in [1.54, 1.807) is 19.2 Å². The van der Waals surface area contributed by atoms with Gasteiger partial charge in [0.1, 0.15) is 5.75 Å². The highest BCUT2D eigenvalue weighted by Crippen LogP contribution is 2.17. The molecule has 1 atom stereocenters. The van der Waals surface area contributed by atoms with Crippen LogP contribution in [0, 0.1) is 13.8 Å². The summed E-state index contributed by atoms with van der Waals surface area (Å²) in [6, 6.07) is 12.5. The summed E-state index contributed by atoms with van der Waals surface area (Å²) in [5.74, 6) is -0.0968. The molecular weight excluding hydrogens is 318 g/mol. The SMILES string of the molecule is COc1ccc([C@H](C)NC(=O)COC(=O)c2ccc(C)c(C)c2)cc1. The lowest BCUT2D eigenvalue weighted by atomic mass is 10.1. The Hall–Kier alpha value is -2.82. The Kier molecular flexibility index (Phi) is 6.17. The predicted octanol–water partition coefficient (Wildman–Crippen LogP) is 3.35. The van der Waals surface area contributed by atoms with Crippen molar-refractivity contribution in [3.05, 3.63) is 64.7 Å². The molecule has 0 aliphatic carbocycles. The summed E-state index contributed by atoms with van der Waals surface area (Å²) in [5, 5.41) is 2.80. The lowest BCUT2D eigenvalue weighted by Crippen LogP contribution is -2.31. The van der Waals surface area contributed by atoms with E-state index in [1.807, 2.05) is 51.1 Å². The van der Waals surface area contributed by atoms with Crippen LogP contribution in [0.1, 0.15) is 40.0 Å². The fraction of sp³-hybridized carbons (Fsp3) is 0.300. The number of benzene rings is 2. The zero-order valence-corrected chi connectivity index (χ0v) is 15.0. The van der Waals surface area contributed by atoms with E-state index in [4.69, 9.17) is 9.47 Å². The normalized spacial score (nSPS) is 11.5. The first-order valence-corrected chi connectivity index (χ1v) is 8.08. The van der Waals surface area contributed by atoms with E-state index in [-0.39, 0.29) is 18.6 Å². The van der Waals surface area contributed by atoms with Crippen LogP contribution in [0.2, 0.25) is 0 Å². The number of nitrogens with one attached hydrogen (secondary N) is 1. The lowest BCUT2D eigenvalue weighted by molar-refractivity contribution is -0.124. The number of aryl methyl sites for hydroxylation is 2. The zero-order chi connectivity index (χ0) is 18.4. The molecular formula is C20H23NO4. The Labute approximate surface area is 148 Å². The minimum absolute atomic E-state index is 0.196. The highest BCUT2D eigenvalue weighted by atomic mass is 16.5. The van der Waals surface area contributed by atoms with Crippen molar-refractivity contribution in [3.8, 4) is 5.75 Å². The molecule has 0 aliphatic heterocycles. The number of carbonyl (C=O) groups is 2. The first-order chi connectivity index (χ1) is 11.9. The van der Waals surface area contributed by atoms with Gasteiger partial charge in [0.15, 0.2) is 6.61 Å². The van der Waals surface area contributed by atoms with E-state index < -0.39 is 5.97 Å². The molecule has 0 saturated carbocycles. The summed E-state index contributed by atoms with van der Waals surface area (Å²) in [4.78, 5) is 24.0. The second kappa shape index (κ2) is 8.33. The monoisotopic (exact) mass is 341 g/mol. The Morgan fingerprint density at radius 3 is 2.32 bits per heavy atom. The van der Waals surface area contributed by atoms with Gasteiger partial charge < -0.3 is 14.8 Å². The Morgan fingerprint density at radius 1 is 1.04 bits per heavy atom. The third kappa shape index (κ3) is 5.08. The van der Waals surface area contributed by atoms with Crippen LogP contribution in [-0.2, 0) is 9.53 Å². The highest BCUT2D eigenvalue weighted by Gasteiger charge is 2.13. The number of esters is 1. The van der Waals surface area contributed by atoms with Gasteiger partial charge in [0.2, 0.25) is 0 Å². The number of rotatable bonds is 6. The number of carbonyl (C=O) groups excluding carboxylic acids is 2. The fourth-order valence-electron chi connectivity index (χ4n) is 2.34. The Bertz CT molecular complexity index is 753. The maximum atomic E-state index is 12.0. The van der Waals surface area contributed by atoms with Gasteiger partial charge in [0.05, 0.1) is 18.7 Å². The van der Waals surface area contributed by atoms with Gasteiger partial charge in [-0.15, -0.1) is 0 Å². The standard InChI is InChI=1S/C20H23NO4/c1-13-5-6-17(11-14(13)2)20(23)25-12-19(22)21-15(3)16-7-9-18(24-4)10-8-16/h5-11,15H,12H2,1-4H3,(H,21,22)/t15-/m0/s1. The van der Waals surface area contributed by atoms with Gasteiger partial charge in [-0.1, -0.05) is 18.2 Å². The third-order valence-corrected chi connectivity index (χ3v) is 4.07. The smallest absolute Gasteiger partial charge is 0.338 e. The maximum absolute atomic E-state index is 12.0. The van der Waals surface area contributed by atoms with Crippen LogP contribution in [-0.4, -0.2) is 25.6 Å². The largest absolute Gasteiger partial charge is 0.497 e. The van der Waals surface area contributed by atoms with Crippen molar-refractivity contribution >= 4 is 11.9 Å². The van der Waals surface area contributed by atoms with Crippen molar-refractivity contribution in [1.29, 1.82) is 0 Å². The molecule has 0 bridgehead atoms. The quantitative estimate of drug-likeness (QED) is 0.819. The zero-order valence-electron chi connectivity index (χ0n) is 15.0. The summed E-state index contributed by atoms with van der Waals surface area (Å²) in [7, 11) is 1.60. The van der Waals surface area contributed by atoms with Gasteiger partial charge in [0.25, 0.3) is 5.91 Å². The van der Waals surface area contributed by atoms with Crippen LogP contribution in [0.4, 0.5) is 0 Å². The third-order valence-electron chi connectivity index (χ3n) is 4.07.